The summed E-state index contributed by atoms with van der Waals surface area (Å²) >= 11 is 7.40. The molecule has 1 aliphatic heterocycles. The number of thiophene rings is 1. The van der Waals surface area contributed by atoms with Gasteiger partial charge in [0.1, 0.15) is 0 Å². The molecule has 1 aromatic heterocycles. The molecule has 2 heterocycles. The average Bonchev–Trinajstić information content (AvgIpc) is 3.26. The third-order valence-corrected chi connectivity index (χ3v) is 6.84. The van der Waals surface area contributed by atoms with Crippen LogP contribution >= 0.6 is 22.9 Å². The van der Waals surface area contributed by atoms with E-state index in [0.29, 0.717) is 29.2 Å². The van der Waals surface area contributed by atoms with Crippen LogP contribution in [0.5, 0.6) is 0 Å². The molecule has 0 bridgehead atoms. The molecular weight excluding hydrogens is 442 g/mol. The maximum absolute atomic E-state index is 13.4. The van der Waals surface area contributed by atoms with Gasteiger partial charge in [0.2, 0.25) is 0 Å². The lowest BCUT2D eigenvalue weighted by atomic mass is 10.1. The van der Waals surface area contributed by atoms with Crippen LogP contribution in [-0.4, -0.2) is 54.8 Å². The molecule has 7 heteroatoms. The topological polar surface area (TPSA) is 43.9 Å². The quantitative estimate of drug-likeness (QED) is 0.528. The van der Waals surface area contributed by atoms with Crippen molar-refractivity contribution in [2.45, 2.75) is 13.0 Å². The van der Waals surface area contributed by atoms with Crippen LogP contribution in [0.4, 0.5) is 5.69 Å². The molecule has 0 spiro atoms. The fraction of sp³-hybridized carbons (Fsp3) is 0.280. The van der Waals surface area contributed by atoms with Gasteiger partial charge in [0.25, 0.3) is 11.8 Å². The van der Waals surface area contributed by atoms with Gasteiger partial charge >= 0.3 is 0 Å². The smallest absolute Gasteiger partial charge is 0.268 e. The Kier molecular flexibility index (Phi) is 7.25. The highest BCUT2D eigenvalue weighted by molar-refractivity contribution is 7.12. The Morgan fingerprint density at radius 2 is 1.75 bits per heavy atom. The van der Waals surface area contributed by atoms with Gasteiger partial charge < -0.3 is 9.80 Å². The summed E-state index contributed by atoms with van der Waals surface area (Å²) in [5, 5.41) is 2.62. The fourth-order valence-electron chi connectivity index (χ4n) is 3.97. The summed E-state index contributed by atoms with van der Waals surface area (Å²) in [4.78, 5) is 32.8. The van der Waals surface area contributed by atoms with Crippen LogP contribution in [0.2, 0.25) is 5.02 Å². The summed E-state index contributed by atoms with van der Waals surface area (Å²) in [5.74, 6) is -0.134. The SMILES string of the molecule is CN(C(=O)c1cccs1)c1ccccc1C(=O)N1CCCN(Cc2ccc(Cl)cc2)CC1. The second kappa shape index (κ2) is 10.3. The van der Waals surface area contributed by atoms with E-state index in [0.717, 1.165) is 31.1 Å². The number of hydrogen-bond donors (Lipinski definition) is 0. The Bertz CT molecular complexity index is 1070. The van der Waals surface area contributed by atoms with Crippen molar-refractivity contribution in [3.05, 3.63) is 87.1 Å². The van der Waals surface area contributed by atoms with Gasteiger partial charge in [-0.2, -0.15) is 0 Å². The van der Waals surface area contributed by atoms with E-state index < -0.39 is 0 Å². The van der Waals surface area contributed by atoms with Crippen LogP contribution in [0.3, 0.4) is 0 Å². The van der Waals surface area contributed by atoms with Crippen molar-refractivity contribution >= 4 is 40.4 Å². The minimum atomic E-state index is -0.106. The maximum atomic E-state index is 13.4. The Morgan fingerprint density at radius 3 is 2.50 bits per heavy atom. The molecule has 3 aromatic rings. The highest BCUT2D eigenvalue weighted by Gasteiger charge is 2.25. The number of anilines is 1. The van der Waals surface area contributed by atoms with Crippen LogP contribution in [-0.2, 0) is 6.54 Å². The molecular formula is C25H26ClN3O2S. The normalized spacial score (nSPS) is 14.8. The number of para-hydroxylation sites is 1. The molecule has 2 aromatic carbocycles. The number of amides is 2. The van der Waals surface area contributed by atoms with E-state index in [1.165, 1.54) is 16.9 Å². The first-order valence-electron chi connectivity index (χ1n) is 10.7. The molecule has 5 nitrogen and oxygen atoms in total. The maximum Gasteiger partial charge on any atom is 0.268 e. The Balaban J connectivity index is 1.45. The fourth-order valence-corrected chi connectivity index (χ4v) is 4.80. The number of rotatable bonds is 5. The zero-order chi connectivity index (χ0) is 22.5. The lowest BCUT2D eigenvalue weighted by Crippen LogP contribution is -2.36. The molecule has 2 amide bonds. The Labute approximate surface area is 197 Å². The summed E-state index contributed by atoms with van der Waals surface area (Å²) in [5.41, 5.74) is 2.41. The Morgan fingerprint density at radius 1 is 0.969 bits per heavy atom. The second-order valence-corrected chi connectivity index (χ2v) is 9.29. The minimum absolute atomic E-state index is 0.0280. The number of nitrogens with zero attached hydrogens (tertiary/aromatic N) is 3. The van der Waals surface area contributed by atoms with Gasteiger partial charge in [-0.1, -0.05) is 41.9 Å². The highest BCUT2D eigenvalue weighted by Crippen LogP contribution is 2.24. The van der Waals surface area contributed by atoms with E-state index in [1.54, 1.807) is 18.0 Å². The second-order valence-electron chi connectivity index (χ2n) is 7.91. The van der Waals surface area contributed by atoms with E-state index in [9.17, 15) is 9.59 Å². The molecule has 1 saturated heterocycles. The van der Waals surface area contributed by atoms with Crippen molar-refractivity contribution in [3.8, 4) is 0 Å². The summed E-state index contributed by atoms with van der Waals surface area (Å²) in [6.07, 6.45) is 0.908. The first-order chi connectivity index (χ1) is 15.5. The molecule has 4 rings (SSSR count). The number of hydrogen-bond acceptors (Lipinski definition) is 4. The standard InChI is InChI=1S/C25H26ClN3O2S/c1-27(25(31)23-8-4-17-32-23)22-7-3-2-6-21(22)24(30)29-14-5-13-28(15-16-29)18-19-9-11-20(26)12-10-19/h2-4,6-12,17H,5,13-16,18H2,1H3. The molecule has 166 valence electrons. The monoisotopic (exact) mass is 467 g/mol. The third kappa shape index (κ3) is 5.21. The number of halogens is 1. The van der Waals surface area contributed by atoms with Gasteiger partial charge in [0, 0.05) is 44.8 Å². The van der Waals surface area contributed by atoms with Crippen LogP contribution < -0.4 is 4.90 Å². The lowest BCUT2D eigenvalue weighted by Gasteiger charge is -2.25. The predicted molar refractivity (Wildman–Crippen MR) is 131 cm³/mol. The van der Waals surface area contributed by atoms with Gasteiger partial charge in [0.15, 0.2) is 0 Å². The molecule has 0 atom stereocenters. The largest absolute Gasteiger partial charge is 0.337 e. The van der Waals surface area contributed by atoms with Crippen molar-refractivity contribution in [2.24, 2.45) is 0 Å². The average molecular weight is 468 g/mol. The molecule has 32 heavy (non-hydrogen) atoms. The van der Waals surface area contributed by atoms with Crippen molar-refractivity contribution in [1.82, 2.24) is 9.80 Å². The first-order valence-corrected chi connectivity index (χ1v) is 12.0. The molecule has 0 aliphatic carbocycles. The van der Waals surface area contributed by atoms with Gasteiger partial charge in [-0.15, -0.1) is 11.3 Å². The minimum Gasteiger partial charge on any atom is -0.337 e. The number of benzene rings is 2. The lowest BCUT2D eigenvalue weighted by molar-refractivity contribution is 0.0762. The molecule has 0 N–H and O–H groups in total. The van der Waals surface area contributed by atoms with Gasteiger partial charge in [-0.25, -0.2) is 0 Å². The van der Waals surface area contributed by atoms with Crippen LogP contribution in [0.1, 0.15) is 32.0 Å². The van der Waals surface area contributed by atoms with Gasteiger partial charge in [-0.05, 0) is 47.7 Å². The third-order valence-electron chi connectivity index (χ3n) is 5.73. The summed E-state index contributed by atoms with van der Waals surface area (Å²) in [7, 11) is 1.73. The van der Waals surface area contributed by atoms with Crippen LogP contribution in [0.15, 0.2) is 66.0 Å². The molecule has 0 unspecified atom stereocenters. The highest BCUT2D eigenvalue weighted by atomic mass is 35.5. The summed E-state index contributed by atoms with van der Waals surface area (Å²) < 4.78 is 0. The molecule has 0 radical (unpaired) electrons. The zero-order valence-electron chi connectivity index (χ0n) is 18.0. The number of carbonyl (C=O) groups is 2. The van der Waals surface area contributed by atoms with Gasteiger partial charge in [-0.3, -0.25) is 14.5 Å². The summed E-state index contributed by atoms with van der Waals surface area (Å²) in [6.45, 7) is 3.94. The van der Waals surface area contributed by atoms with E-state index >= 15 is 0 Å². The molecule has 0 saturated carbocycles. The van der Waals surface area contributed by atoms with E-state index in [-0.39, 0.29) is 11.8 Å². The molecule has 1 fully saturated rings. The summed E-state index contributed by atoms with van der Waals surface area (Å²) in [6, 6.07) is 18.9. The van der Waals surface area contributed by atoms with E-state index in [2.05, 4.69) is 4.90 Å². The van der Waals surface area contributed by atoms with Crippen LogP contribution in [0, 0.1) is 0 Å². The zero-order valence-corrected chi connectivity index (χ0v) is 19.6. The van der Waals surface area contributed by atoms with Gasteiger partial charge in [0.05, 0.1) is 16.1 Å². The first kappa shape index (κ1) is 22.5. The van der Waals surface area contributed by atoms with Crippen molar-refractivity contribution in [2.75, 3.05) is 38.1 Å². The van der Waals surface area contributed by atoms with Crippen molar-refractivity contribution in [3.63, 3.8) is 0 Å². The number of carbonyl (C=O) groups excluding carboxylic acids is 2. The van der Waals surface area contributed by atoms with E-state index in [4.69, 9.17) is 11.6 Å². The predicted octanol–water partition coefficient (Wildman–Crippen LogP) is 5.03. The van der Waals surface area contributed by atoms with E-state index in [1.807, 2.05) is 64.9 Å². The Hall–Kier alpha value is -2.67. The van der Waals surface area contributed by atoms with Crippen molar-refractivity contribution < 1.29 is 9.59 Å². The molecule has 1 aliphatic rings. The van der Waals surface area contributed by atoms with Crippen LogP contribution in [0.25, 0.3) is 0 Å². The van der Waals surface area contributed by atoms with Crippen molar-refractivity contribution in [1.29, 1.82) is 0 Å².